The fraction of sp³-hybridized carbons (Fsp3) is 0.312. The lowest BCUT2D eigenvalue weighted by Crippen LogP contribution is -2.36. The molecule has 2 aromatic carbocycles. The molecule has 0 fully saturated rings. The summed E-state index contributed by atoms with van der Waals surface area (Å²) in [6, 6.07) is 14.4. The zero-order valence-corrected chi connectivity index (χ0v) is 11.1. The van der Waals surface area contributed by atoms with Crippen LogP contribution < -0.4 is 0 Å². The van der Waals surface area contributed by atoms with Crippen molar-refractivity contribution >= 4 is 17.1 Å². The van der Waals surface area contributed by atoms with Gasteiger partial charge in [-0.2, -0.15) is 0 Å². The molecule has 2 nitrogen and oxygen atoms in total. The van der Waals surface area contributed by atoms with E-state index in [1.165, 1.54) is 5.39 Å². The maximum Gasteiger partial charge on any atom is 0.210 e. The van der Waals surface area contributed by atoms with Gasteiger partial charge in [-0.15, -0.1) is 0 Å². The standard InChI is InChI=1S/C16H18NO/c1-16(12-18,11-17(2)3)15-9-8-13-6-4-5-7-14(13)10-15/h4-10H,11H2,1-3H3. The Morgan fingerprint density at radius 1 is 1.11 bits per heavy atom. The Kier molecular flexibility index (Phi) is 3.48. The van der Waals surface area contributed by atoms with Crippen molar-refractivity contribution in [1.29, 1.82) is 0 Å². The largest absolute Gasteiger partial charge is 0.308 e. The van der Waals surface area contributed by atoms with Crippen molar-refractivity contribution in [3.05, 3.63) is 48.0 Å². The molecule has 0 aliphatic heterocycles. The Morgan fingerprint density at radius 2 is 1.78 bits per heavy atom. The van der Waals surface area contributed by atoms with E-state index in [1.807, 2.05) is 44.1 Å². The Balaban J connectivity index is 2.48. The van der Waals surface area contributed by atoms with Gasteiger partial charge in [-0.05, 0) is 37.4 Å². The van der Waals surface area contributed by atoms with Crippen LogP contribution in [-0.4, -0.2) is 31.8 Å². The Labute approximate surface area is 108 Å². The molecule has 1 atom stereocenters. The van der Waals surface area contributed by atoms with Crippen LogP contribution in [0.4, 0.5) is 0 Å². The summed E-state index contributed by atoms with van der Waals surface area (Å²) in [4.78, 5) is 13.4. The fourth-order valence-corrected chi connectivity index (χ4v) is 2.35. The van der Waals surface area contributed by atoms with E-state index in [-0.39, 0.29) is 0 Å². The summed E-state index contributed by atoms with van der Waals surface area (Å²) in [5, 5.41) is 2.36. The van der Waals surface area contributed by atoms with Crippen molar-refractivity contribution < 1.29 is 4.79 Å². The van der Waals surface area contributed by atoms with Gasteiger partial charge in [-0.25, -0.2) is 0 Å². The number of rotatable bonds is 4. The summed E-state index contributed by atoms with van der Waals surface area (Å²) < 4.78 is 0. The molecule has 0 bridgehead atoms. The lowest BCUT2D eigenvalue weighted by molar-refractivity contribution is 0.342. The molecule has 1 unspecified atom stereocenters. The molecular formula is C16H18NO. The molecule has 2 aromatic rings. The van der Waals surface area contributed by atoms with E-state index in [0.29, 0.717) is 6.54 Å². The summed E-state index contributed by atoms with van der Waals surface area (Å²) in [6.07, 6.45) is 2.20. The van der Waals surface area contributed by atoms with Crippen LogP contribution in [0.25, 0.3) is 10.8 Å². The number of hydrogen-bond acceptors (Lipinski definition) is 2. The molecular weight excluding hydrogens is 222 g/mol. The third kappa shape index (κ3) is 2.44. The van der Waals surface area contributed by atoms with Gasteiger partial charge in [0.05, 0.1) is 5.41 Å². The Hall–Kier alpha value is -1.67. The molecule has 0 amide bonds. The van der Waals surface area contributed by atoms with Gasteiger partial charge in [-0.3, -0.25) is 4.79 Å². The van der Waals surface area contributed by atoms with Gasteiger partial charge >= 0.3 is 0 Å². The van der Waals surface area contributed by atoms with Crippen LogP contribution in [0.5, 0.6) is 0 Å². The molecule has 18 heavy (non-hydrogen) atoms. The minimum Gasteiger partial charge on any atom is -0.308 e. The average molecular weight is 240 g/mol. The van der Waals surface area contributed by atoms with Crippen molar-refractivity contribution in [3.8, 4) is 0 Å². The number of hydrogen-bond donors (Lipinski definition) is 0. The van der Waals surface area contributed by atoms with Crippen molar-refractivity contribution in [2.45, 2.75) is 12.3 Å². The third-order valence-corrected chi connectivity index (χ3v) is 3.24. The molecule has 0 spiro atoms. The minimum atomic E-state index is -0.576. The highest BCUT2D eigenvalue weighted by Gasteiger charge is 2.28. The molecule has 0 N–H and O–H groups in total. The van der Waals surface area contributed by atoms with E-state index in [1.54, 1.807) is 0 Å². The second-order valence-corrected chi connectivity index (χ2v) is 5.23. The summed E-state index contributed by atoms with van der Waals surface area (Å²) >= 11 is 0. The third-order valence-electron chi connectivity index (χ3n) is 3.24. The summed E-state index contributed by atoms with van der Waals surface area (Å²) in [5.74, 6) is 0. The number of benzene rings is 2. The van der Waals surface area contributed by atoms with Gasteiger partial charge in [0.25, 0.3) is 0 Å². The molecule has 0 saturated heterocycles. The maximum atomic E-state index is 11.3. The average Bonchev–Trinajstić information content (AvgIpc) is 2.37. The predicted octanol–water partition coefficient (Wildman–Crippen LogP) is 2.77. The predicted molar refractivity (Wildman–Crippen MR) is 75.5 cm³/mol. The van der Waals surface area contributed by atoms with Gasteiger partial charge in [0.2, 0.25) is 6.29 Å². The summed E-state index contributed by atoms with van der Waals surface area (Å²) in [7, 11) is 3.94. The highest BCUT2D eigenvalue weighted by Crippen LogP contribution is 2.26. The van der Waals surface area contributed by atoms with Crippen LogP contribution in [0.15, 0.2) is 42.5 Å². The molecule has 0 heterocycles. The van der Waals surface area contributed by atoms with Gasteiger partial charge in [0.15, 0.2) is 0 Å². The van der Waals surface area contributed by atoms with Gasteiger partial charge in [0, 0.05) is 6.54 Å². The Morgan fingerprint density at radius 3 is 2.39 bits per heavy atom. The first kappa shape index (κ1) is 12.8. The van der Waals surface area contributed by atoms with Gasteiger partial charge in [0.1, 0.15) is 0 Å². The smallest absolute Gasteiger partial charge is 0.210 e. The number of fused-ring (bicyclic) bond motifs is 1. The maximum absolute atomic E-state index is 11.3. The van der Waals surface area contributed by atoms with Crippen LogP contribution in [-0.2, 0) is 10.2 Å². The lowest BCUT2D eigenvalue weighted by Gasteiger charge is -2.26. The number of likely N-dealkylation sites (N-methyl/N-ethyl adjacent to an activating group) is 1. The highest BCUT2D eigenvalue weighted by molar-refractivity contribution is 5.84. The van der Waals surface area contributed by atoms with E-state index in [9.17, 15) is 4.79 Å². The van der Waals surface area contributed by atoms with Crippen molar-refractivity contribution in [3.63, 3.8) is 0 Å². The Bertz CT molecular complexity index is 562. The van der Waals surface area contributed by atoms with Crippen molar-refractivity contribution in [1.82, 2.24) is 4.90 Å². The van der Waals surface area contributed by atoms with Gasteiger partial charge in [-0.1, -0.05) is 42.5 Å². The van der Waals surface area contributed by atoms with Crippen LogP contribution in [0.3, 0.4) is 0 Å². The zero-order chi connectivity index (χ0) is 13.2. The second kappa shape index (κ2) is 4.91. The van der Waals surface area contributed by atoms with E-state index in [0.717, 1.165) is 10.9 Å². The van der Waals surface area contributed by atoms with E-state index >= 15 is 0 Å². The zero-order valence-electron chi connectivity index (χ0n) is 11.1. The molecule has 0 aliphatic rings. The van der Waals surface area contributed by atoms with Crippen LogP contribution in [0.1, 0.15) is 12.5 Å². The SMILES string of the molecule is CN(C)CC(C)([C]=O)c1ccc2ccccc2c1. The minimum absolute atomic E-state index is 0.576. The van der Waals surface area contributed by atoms with Gasteiger partial charge < -0.3 is 4.90 Å². The molecule has 0 aromatic heterocycles. The van der Waals surface area contributed by atoms with Crippen LogP contribution in [0, 0.1) is 0 Å². The molecule has 0 aliphatic carbocycles. The first-order chi connectivity index (χ1) is 8.55. The summed E-state index contributed by atoms with van der Waals surface area (Å²) in [5.41, 5.74) is 0.443. The van der Waals surface area contributed by atoms with E-state index < -0.39 is 5.41 Å². The first-order valence-corrected chi connectivity index (χ1v) is 6.08. The van der Waals surface area contributed by atoms with Crippen molar-refractivity contribution in [2.24, 2.45) is 0 Å². The normalized spacial score (nSPS) is 14.7. The molecule has 93 valence electrons. The lowest BCUT2D eigenvalue weighted by atomic mass is 9.82. The van der Waals surface area contributed by atoms with E-state index in [2.05, 4.69) is 30.6 Å². The molecule has 2 rings (SSSR count). The van der Waals surface area contributed by atoms with Crippen molar-refractivity contribution in [2.75, 3.05) is 20.6 Å². The number of nitrogens with zero attached hydrogens (tertiary/aromatic N) is 1. The second-order valence-electron chi connectivity index (χ2n) is 5.23. The molecule has 0 saturated carbocycles. The summed E-state index contributed by atoms with van der Waals surface area (Å²) in [6.45, 7) is 2.60. The monoisotopic (exact) mass is 240 g/mol. The highest BCUT2D eigenvalue weighted by atomic mass is 16.1. The van der Waals surface area contributed by atoms with Crippen LogP contribution >= 0.6 is 0 Å². The number of carbonyl (C=O) groups excluding carboxylic acids is 1. The molecule has 2 heteroatoms. The molecule has 1 radical (unpaired) electrons. The fourth-order valence-electron chi connectivity index (χ4n) is 2.35. The quantitative estimate of drug-likeness (QED) is 0.819. The first-order valence-electron chi connectivity index (χ1n) is 6.08. The van der Waals surface area contributed by atoms with Crippen LogP contribution in [0.2, 0.25) is 0 Å². The topological polar surface area (TPSA) is 20.3 Å². The van der Waals surface area contributed by atoms with E-state index in [4.69, 9.17) is 0 Å².